The van der Waals surface area contributed by atoms with E-state index in [2.05, 4.69) is 48.5 Å². The fraction of sp³-hybridized carbons (Fsp3) is 0.500. The SMILES string of the molecule is CNC(C)Cc1noc(-c2ccc(C(=O)NCC(C)(C)C)cc2)n1.Cl. The lowest BCUT2D eigenvalue weighted by Crippen LogP contribution is -2.32. The minimum atomic E-state index is -0.0782. The van der Waals surface area contributed by atoms with Crippen LogP contribution in [0.1, 0.15) is 43.9 Å². The van der Waals surface area contributed by atoms with Crippen LogP contribution in [0.3, 0.4) is 0 Å². The molecule has 138 valence electrons. The number of nitrogens with zero attached hydrogens (tertiary/aromatic N) is 2. The lowest BCUT2D eigenvalue weighted by Gasteiger charge is -2.18. The molecule has 1 heterocycles. The van der Waals surface area contributed by atoms with E-state index >= 15 is 0 Å². The van der Waals surface area contributed by atoms with Crippen LogP contribution in [0, 0.1) is 5.41 Å². The van der Waals surface area contributed by atoms with Crippen LogP contribution in [0.15, 0.2) is 28.8 Å². The number of rotatable bonds is 6. The number of hydrogen-bond donors (Lipinski definition) is 2. The summed E-state index contributed by atoms with van der Waals surface area (Å²) in [6.45, 7) is 8.93. The van der Waals surface area contributed by atoms with Crippen molar-refractivity contribution >= 4 is 18.3 Å². The summed E-state index contributed by atoms with van der Waals surface area (Å²) in [4.78, 5) is 16.5. The van der Waals surface area contributed by atoms with Crippen molar-refractivity contribution in [2.24, 2.45) is 5.41 Å². The van der Waals surface area contributed by atoms with Crippen molar-refractivity contribution in [1.29, 1.82) is 0 Å². The highest BCUT2D eigenvalue weighted by Crippen LogP contribution is 2.18. The molecule has 1 amide bonds. The minimum absolute atomic E-state index is 0. The third kappa shape index (κ3) is 6.48. The van der Waals surface area contributed by atoms with Gasteiger partial charge in [0.2, 0.25) is 0 Å². The van der Waals surface area contributed by atoms with Crippen LogP contribution in [-0.4, -0.2) is 35.7 Å². The minimum Gasteiger partial charge on any atom is -0.352 e. The standard InChI is InChI=1S/C18H26N4O2.ClH/c1-12(19-5)10-15-21-17(24-22-15)14-8-6-13(7-9-14)16(23)20-11-18(2,3)4;/h6-9,12,19H,10-11H2,1-5H3,(H,20,23);1H. The Morgan fingerprint density at radius 2 is 1.88 bits per heavy atom. The predicted octanol–water partition coefficient (Wildman–Crippen LogP) is 3.08. The smallest absolute Gasteiger partial charge is 0.257 e. The molecule has 25 heavy (non-hydrogen) atoms. The van der Waals surface area contributed by atoms with Crippen LogP contribution in [0.2, 0.25) is 0 Å². The Balaban J connectivity index is 0.00000312. The normalized spacial score (nSPS) is 12.4. The van der Waals surface area contributed by atoms with Crippen molar-refractivity contribution < 1.29 is 9.32 Å². The Hall–Kier alpha value is -1.92. The monoisotopic (exact) mass is 366 g/mol. The maximum absolute atomic E-state index is 12.1. The third-order valence-electron chi connectivity index (χ3n) is 3.62. The third-order valence-corrected chi connectivity index (χ3v) is 3.62. The first-order valence-corrected chi connectivity index (χ1v) is 8.17. The van der Waals surface area contributed by atoms with Gasteiger partial charge in [-0.2, -0.15) is 4.98 Å². The Bertz CT molecular complexity index is 677. The molecular weight excluding hydrogens is 340 g/mol. The summed E-state index contributed by atoms with van der Waals surface area (Å²) in [6, 6.07) is 7.47. The summed E-state index contributed by atoms with van der Waals surface area (Å²) >= 11 is 0. The first-order chi connectivity index (χ1) is 11.3. The highest BCUT2D eigenvalue weighted by Gasteiger charge is 2.14. The largest absolute Gasteiger partial charge is 0.352 e. The topological polar surface area (TPSA) is 80.0 Å². The van der Waals surface area contributed by atoms with E-state index in [1.807, 2.05) is 19.2 Å². The fourth-order valence-corrected chi connectivity index (χ4v) is 2.04. The Kier molecular flexibility index (Phi) is 7.58. The average Bonchev–Trinajstić information content (AvgIpc) is 3.00. The molecule has 0 radical (unpaired) electrons. The second-order valence-corrected chi connectivity index (χ2v) is 7.23. The number of carbonyl (C=O) groups excluding carboxylic acids is 1. The molecule has 1 aromatic heterocycles. The van der Waals surface area contributed by atoms with Crippen molar-refractivity contribution in [2.45, 2.75) is 40.2 Å². The first-order valence-electron chi connectivity index (χ1n) is 8.17. The molecule has 0 fully saturated rings. The maximum Gasteiger partial charge on any atom is 0.257 e. The van der Waals surface area contributed by atoms with Crippen molar-refractivity contribution in [2.75, 3.05) is 13.6 Å². The van der Waals surface area contributed by atoms with Crippen molar-refractivity contribution in [1.82, 2.24) is 20.8 Å². The Morgan fingerprint density at radius 1 is 1.24 bits per heavy atom. The molecule has 2 aromatic rings. The Morgan fingerprint density at radius 3 is 2.44 bits per heavy atom. The number of benzene rings is 1. The summed E-state index contributed by atoms with van der Waals surface area (Å²) in [7, 11) is 1.90. The average molecular weight is 367 g/mol. The van der Waals surface area contributed by atoms with Gasteiger partial charge in [-0.1, -0.05) is 25.9 Å². The van der Waals surface area contributed by atoms with Gasteiger partial charge >= 0.3 is 0 Å². The number of halogens is 1. The van der Waals surface area contributed by atoms with Gasteiger partial charge in [0.1, 0.15) is 0 Å². The van der Waals surface area contributed by atoms with Crippen LogP contribution in [0.4, 0.5) is 0 Å². The number of aromatic nitrogens is 2. The van der Waals surface area contributed by atoms with E-state index in [1.165, 1.54) is 0 Å². The van der Waals surface area contributed by atoms with Gasteiger partial charge in [0.15, 0.2) is 5.82 Å². The maximum atomic E-state index is 12.1. The molecule has 2 rings (SSSR count). The molecule has 1 unspecified atom stereocenters. The summed E-state index contributed by atoms with van der Waals surface area (Å²) in [5, 5.41) is 10.1. The van der Waals surface area contributed by atoms with E-state index in [1.54, 1.807) is 12.1 Å². The molecule has 0 saturated heterocycles. The van der Waals surface area contributed by atoms with E-state index in [9.17, 15) is 4.79 Å². The lowest BCUT2D eigenvalue weighted by molar-refractivity contribution is 0.0939. The number of hydrogen-bond acceptors (Lipinski definition) is 5. The van der Waals surface area contributed by atoms with Crippen molar-refractivity contribution in [3.8, 4) is 11.5 Å². The summed E-state index contributed by atoms with van der Waals surface area (Å²) in [6.07, 6.45) is 0.702. The fourth-order valence-electron chi connectivity index (χ4n) is 2.04. The van der Waals surface area contributed by atoms with Gasteiger partial charge in [0.05, 0.1) is 0 Å². The molecule has 1 aromatic carbocycles. The van der Waals surface area contributed by atoms with E-state index < -0.39 is 0 Å². The van der Waals surface area contributed by atoms with Gasteiger partial charge in [0.25, 0.3) is 11.8 Å². The second kappa shape index (κ2) is 8.97. The first kappa shape index (κ1) is 21.1. The van der Waals surface area contributed by atoms with Gasteiger partial charge in [-0.05, 0) is 43.7 Å². The van der Waals surface area contributed by atoms with E-state index in [0.717, 1.165) is 5.56 Å². The summed E-state index contributed by atoms with van der Waals surface area (Å²) < 4.78 is 5.30. The zero-order valence-corrected chi connectivity index (χ0v) is 16.2. The number of likely N-dealkylation sites (N-methyl/N-ethyl adjacent to an activating group) is 1. The van der Waals surface area contributed by atoms with E-state index in [-0.39, 0.29) is 29.8 Å². The molecule has 7 heteroatoms. The Labute approximate surface area is 155 Å². The van der Waals surface area contributed by atoms with Crippen molar-refractivity contribution in [3.05, 3.63) is 35.7 Å². The molecule has 0 aliphatic carbocycles. The molecule has 0 saturated carbocycles. The number of nitrogens with one attached hydrogen (secondary N) is 2. The van der Waals surface area contributed by atoms with Crippen molar-refractivity contribution in [3.63, 3.8) is 0 Å². The zero-order chi connectivity index (χ0) is 17.7. The highest BCUT2D eigenvalue weighted by atomic mass is 35.5. The van der Waals surface area contributed by atoms with Crippen LogP contribution in [0.5, 0.6) is 0 Å². The van der Waals surface area contributed by atoms with Gasteiger partial charge in [-0.15, -0.1) is 12.4 Å². The number of amides is 1. The van der Waals surface area contributed by atoms with Crippen LogP contribution in [0.25, 0.3) is 11.5 Å². The summed E-state index contributed by atoms with van der Waals surface area (Å²) in [5.41, 5.74) is 1.48. The second-order valence-electron chi connectivity index (χ2n) is 7.23. The molecule has 0 spiro atoms. The molecular formula is C18H27ClN4O2. The molecule has 0 aliphatic heterocycles. The molecule has 2 N–H and O–H groups in total. The molecule has 0 aliphatic rings. The molecule has 1 atom stereocenters. The lowest BCUT2D eigenvalue weighted by atomic mass is 9.97. The zero-order valence-electron chi connectivity index (χ0n) is 15.4. The molecule has 6 nitrogen and oxygen atoms in total. The highest BCUT2D eigenvalue weighted by molar-refractivity contribution is 5.94. The van der Waals surface area contributed by atoms with Crippen LogP contribution < -0.4 is 10.6 Å². The van der Waals surface area contributed by atoms with Gasteiger partial charge in [0, 0.05) is 30.1 Å². The number of carbonyl (C=O) groups is 1. The van der Waals surface area contributed by atoms with Gasteiger partial charge < -0.3 is 15.2 Å². The van der Waals surface area contributed by atoms with E-state index in [0.29, 0.717) is 30.2 Å². The van der Waals surface area contributed by atoms with E-state index in [4.69, 9.17) is 4.52 Å². The summed E-state index contributed by atoms with van der Waals surface area (Å²) in [5.74, 6) is 1.05. The van der Waals surface area contributed by atoms with Crippen LogP contribution in [-0.2, 0) is 6.42 Å². The van der Waals surface area contributed by atoms with Gasteiger partial charge in [-0.3, -0.25) is 4.79 Å². The molecule has 0 bridgehead atoms. The quantitative estimate of drug-likeness (QED) is 0.821. The van der Waals surface area contributed by atoms with Gasteiger partial charge in [-0.25, -0.2) is 0 Å². The predicted molar refractivity (Wildman–Crippen MR) is 101 cm³/mol. The van der Waals surface area contributed by atoms with Crippen LogP contribution >= 0.6 is 12.4 Å².